The van der Waals surface area contributed by atoms with Gasteiger partial charge in [0.2, 0.25) is 5.69 Å². The zero-order chi connectivity index (χ0) is 20.4. The summed E-state index contributed by atoms with van der Waals surface area (Å²) in [6.45, 7) is 2.29. The number of rotatable bonds is 2. The molecule has 0 radical (unpaired) electrons. The molecule has 150 valence electrons. The Balaban J connectivity index is 1.65. The van der Waals surface area contributed by atoms with Gasteiger partial charge in [-0.3, -0.25) is 0 Å². The number of fused-ring (bicyclic) bond motifs is 3. The van der Waals surface area contributed by atoms with Gasteiger partial charge in [0.1, 0.15) is 7.05 Å². The fourth-order valence-corrected chi connectivity index (χ4v) is 5.98. The van der Waals surface area contributed by atoms with Crippen LogP contribution >= 0.6 is 0 Å². The third-order valence-electron chi connectivity index (χ3n) is 7.52. The summed E-state index contributed by atoms with van der Waals surface area (Å²) in [5.74, 6) is 0.862. The molecule has 3 aromatic carbocycles. The van der Waals surface area contributed by atoms with E-state index in [1.54, 1.807) is 0 Å². The number of hydrogen-bond acceptors (Lipinski definition) is 1. The van der Waals surface area contributed by atoms with Crippen LogP contribution in [0.15, 0.2) is 54.7 Å². The first-order chi connectivity index (χ1) is 14.6. The summed E-state index contributed by atoms with van der Waals surface area (Å²) < 4.78 is 2.32. The maximum absolute atomic E-state index is 2.47. The summed E-state index contributed by atoms with van der Waals surface area (Å²) >= 11 is 0. The fourth-order valence-electron chi connectivity index (χ4n) is 5.98. The average molecular weight is 394 g/mol. The van der Waals surface area contributed by atoms with Crippen molar-refractivity contribution >= 4 is 32.9 Å². The van der Waals surface area contributed by atoms with Gasteiger partial charge in [-0.25, -0.2) is 4.57 Å². The van der Waals surface area contributed by atoms with Crippen molar-refractivity contribution in [2.24, 2.45) is 13.0 Å². The molecule has 2 heteroatoms. The summed E-state index contributed by atoms with van der Waals surface area (Å²) in [5.41, 5.74) is 8.27. The maximum atomic E-state index is 2.47. The number of pyridine rings is 1. The molecule has 1 aliphatic carbocycles. The summed E-state index contributed by atoms with van der Waals surface area (Å²) in [5, 5.41) is 5.44. The van der Waals surface area contributed by atoms with Gasteiger partial charge in [-0.2, -0.15) is 0 Å². The molecule has 1 aromatic heterocycles. The highest BCUT2D eigenvalue weighted by molar-refractivity contribution is 6.12. The molecule has 1 aliphatic heterocycles. The van der Waals surface area contributed by atoms with Crippen molar-refractivity contribution in [1.82, 2.24) is 0 Å². The lowest BCUT2D eigenvalue weighted by molar-refractivity contribution is -0.659. The van der Waals surface area contributed by atoms with Gasteiger partial charge in [0, 0.05) is 13.1 Å². The van der Waals surface area contributed by atoms with E-state index in [-0.39, 0.29) is 0 Å². The molecule has 30 heavy (non-hydrogen) atoms. The van der Waals surface area contributed by atoms with Crippen LogP contribution < -0.4 is 9.47 Å². The highest BCUT2D eigenvalue weighted by Gasteiger charge is 2.31. The van der Waals surface area contributed by atoms with E-state index in [0.717, 1.165) is 5.92 Å². The molecule has 2 heterocycles. The van der Waals surface area contributed by atoms with Gasteiger partial charge in [0.25, 0.3) is 0 Å². The van der Waals surface area contributed by atoms with Gasteiger partial charge in [-0.15, -0.1) is 0 Å². The topological polar surface area (TPSA) is 7.12 Å². The fraction of sp³-hybridized carbons (Fsp3) is 0.321. The monoisotopic (exact) mass is 393 g/mol. The van der Waals surface area contributed by atoms with Crippen LogP contribution in [-0.4, -0.2) is 7.05 Å². The van der Waals surface area contributed by atoms with Crippen molar-refractivity contribution in [1.29, 1.82) is 0 Å². The third-order valence-corrected chi connectivity index (χ3v) is 7.52. The highest BCUT2D eigenvalue weighted by atomic mass is 15.1. The van der Waals surface area contributed by atoms with Crippen LogP contribution in [0.4, 0.5) is 11.4 Å². The first kappa shape index (κ1) is 17.9. The normalized spacial score (nSPS) is 15.9. The molecular weight excluding hydrogens is 364 g/mol. The first-order valence-electron chi connectivity index (χ1n) is 11.3. The number of aromatic nitrogens is 1. The lowest BCUT2D eigenvalue weighted by atomic mass is 9.87. The van der Waals surface area contributed by atoms with E-state index in [1.807, 2.05) is 0 Å². The zero-order valence-electron chi connectivity index (χ0n) is 18.2. The number of aryl methyl sites for hydroxylation is 2. The molecule has 0 amide bonds. The summed E-state index contributed by atoms with van der Waals surface area (Å²) in [7, 11) is 4.44. The Hall–Kier alpha value is -2.87. The van der Waals surface area contributed by atoms with E-state index in [4.69, 9.17) is 0 Å². The second kappa shape index (κ2) is 6.57. The molecule has 1 saturated carbocycles. The second-order valence-corrected chi connectivity index (χ2v) is 9.38. The molecule has 0 saturated heterocycles. The lowest BCUT2D eigenvalue weighted by Crippen LogP contribution is -2.33. The maximum Gasteiger partial charge on any atom is 0.224 e. The van der Waals surface area contributed by atoms with E-state index in [1.165, 1.54) is 87.4 Å². The molecule has 4 aromatic rings. The van der Waals surface area contributed by atoms with Crippen molar-refractivity contribution in [3.8, 4) is 11.3 Å². The Morgan fingerprint density at radius 2 is 1.77 bits per heavy atom. The predicted molar refractivity (Wildman–Crippen MR) is 127 cm³/mol. The van der Waals surface area contributed by atoms with Crippen molar-refractivity contribution < 1.29 is 4.57 Å². The largest absolute Gasteiger partial charge is 0.343 e. The molecule has 2 aliphatic rings. The van der Waals surface area contributed by atoms with Crippen LogP contribution in [-0.2, 0) is 13.5 Å². The second-order valence-electron chi connectivity index (χ2n) is 9.38. The third kappa shape index (κ3) is 2.52. The Labute approximate surface area is 178 Å². The molecule has 0 bridgehead atoms. The highest BCUT2D eigenvalue weighted by Crippen LogP contribution is 2.49. The standard InChI is InChI=1S/C28H29N2/c1-18-23-11-7-6-10-21(23)17-25-26(18)28-27-22(12-13-29(28)2)15-20(16-24(27)30(25)3)14-19-8-4-5-9-19/h6-7,10-13,15-17,19H,4-5,8-9,14H2,1-3H3/q+1. The number of benzene rings is 3. The van der Waals surface area contributed by atoms with E-state index in [2.05, 4.69) is 85.2 Å². The summed E-state index contributed by atoms with van der Waals surface area (Å²) in [4.78, 5) is 2.43. The SMILES string of the molecule is Cc1c2c(cc3ccccc13)N(C)c1cc(CC3CCCC3)cc3cc[n+](C)c-2c13. The van der Waals surface area contributed by atoms with Gasteiger partial charge in [-0.1, -0.05) is 56.0 Å². The molecule has 0 atom stereocenters. The van der Waals surface area contributed by atoms with E-state index in [9.17, 15) is 0 Å². The first-order valence-corrected chi connectivity index (χ1v) is 11.3. The van der Waals surface area contributed by atoms with E-state index in [0.29, 0.717) is 0 Å². The molecule has 0 N–H and O–H groups in total. The summed E-state index contributed by atoms with van der Waals surface area (Å²) in [6.07, 6.45) is 9.06. The Morgan fingerprint density at radius 1 is 0.967 bits per heavy atom. The van der Waals surface area contributed by atoms with Crippen LogP contribution in [0.1, 0.15) is 36.8 Å². The lowest BCUT2D eigenvalue weighted by Gasteiger charge is -2.30. The predicted octanol–water partition coefficient (Wildman–Crippen LogP) is 6.61. The summed E-state index contributed by atoms with van der Waals surface area (Å²) in [6, 6.07) is 18.4. The van der Waals surface area contributed by atoms with Gasteiger partial charge in [0.05, 0.1) is 22.3 Å². The van der Waals surface area contributed by atoms with Crippen molar-refractivity contribution in [3.05, 3.63) is 65.9 Å². The van der Waals surface area contributed by atoms with Crippen molar-refractivity contribution in [2.75, 3.05) is 11.9 Å². The number of nitrogens with zero attached hydrogens (tertiary/aromatic N) is 2. The van der Waals surface area contributed by atoms with Gasteiger partial charge in [-0.05, 0) is 58.7 Å². The van der Waals surface area contributed by atoms with Crippen LogP contribution in [0.5, 0.6) is 0 Å². The van der Waals surface area contributed by atoms with Gasteiger partial charge < -0.3 is 4.90 Å². The molecule has 0 unspecified atom stereocenters. The zero-order valence-corrected chi connectivity index (χ0v) is 18.2. The number of hydrogen-bond donors (Lipinski definition) is 0. The number of anilines is 2. The van der Waals surface area contributed by atoms with Gasteiger partial charge in [0.15, 0.2) is 6.20 Å². The Morgan fingerprint density at radius 3 is 2.60 bits per heavy atom. The Kier molecular flexibility index (Phi) is 3.93. The van der Waals surface area contributed by atoms with Gasteiger partial charge >= 0.3 is 0 Å². The van der Waals surface area contributed by atoms with Crippen LogP contribution in [0.25, 0.3) is 32.8 Å². The molecular formula is C28H29N2+. The minimum Gasteiger partial charge on any atom is -0.343 e. The minimum atomic E-state index is 0.862. The van der Waals surface area contributed by atoms with Crippen LogP contribution in [0.3, 0.4) is 0 Å². The van der Waals surface area contributed by atoms with Crippen molar-refractivity contribution in [3.63, 3.8) is 0 Å². The molecule has 0 spiro atoms. The molecule has 2 nitrogen and oxygen atoms in total. The Bertz CT molecular complexity index is 1310. The smallest absolute Gasteiger partial charge is 0.224 e. The van der Waals surface area contributed by atoms with Crippen LogP contribution in [0.2, 0.25) is 0 Å². The minimum absolute atomic E-state index is 0.862. The quantitative estimate of drug-likeness (QED) is 0.348. The molecule has 1 fully saturated rings. The van der Waals surface area contributed by atoms with E-state index < -0.39 is 0 Å². The van der Waals surface area contributed by atoms with Crippen LogP contribution in [0, 0.1) is 12.8 Å². The van der Waals surface area contributed by atoms with E-state index >= 15 is 0 Å². The van der Waals surface area contributed by atoms with Crippen molar-refractivity contribution in [2.45, 2.75) is 39.0 Å². The average Bonchev–Trinajstić information content (AvgIpc) is 3.26. The molecule has 6 rings (SSSR count).